The van der Waals surface area contributed by atoms with Crippen LogP contribution in [0.5, 0.6) is 0 Å². The van der Waals surface area contributed by atoms with Gasteiger partial charge < -0.3 is 5.11 Å². The van der Waals surface area contributed by atoms with Gasteiger partial charge >= 0.3 is 0 Å². The molecule has 0 spiro atoms. The van der Waals surface area contributed by atoms with Crippen molar-refractivity contribution in [2.75, 3.05) is 0 Å². The fourth-order valence-electron chi connectivity index (χ4n) is 5.18. The van der Waals surface area contributed by atoms with Gasteiger partial charge in [-0.05, 0) is 60.8 Å². The molecule has 0 amide bonds. The Morgan fingerprint density at radius 1 is 1.14 bits per heavy atom. The summed E-state index contributed by atoms with van der Waals surface area (Å²) in [6.45, 7) is 2.32. The summed E-state index contributed by atoms with van der Waals surface area (Å²) >= 11 is 0. The Kier molecular flexibility index (Phi) is 4.36. The van der Waals surface area contributed by atoms with Crippen molar-refractivity contribution < 1.29 is 5.11 Å². The second-order valence-electron chi connectivity index (χ2n) is 8.10. The minimum Gasteiger partial charge on any atom is -0.388 e. The average Bonchev–Trinajstić information content (AvgIpc) is 3.34. The van der Waals surface area contributed by atoms with Crippen LogP contribution in [0.3, 0.4) is 0 Å². The van der Waals surface area contributed by atoms with Crippen LogP contribution in [-0.2, 0) is 0 Å². The highest BCUT2D eigenvalue weighted by atomic mass is 16.3. The standard InChI is InChI=1S/C24H25N3O/c1-16-21-15-26-27(20-8-5-11-25-14-20)22(21)12-18-9-10-19(24(16)18)13-23(28)17-6-3-2-4-7-17/h2-8,11-12,14-16,19,23-24,28H,9-10,13H2,1H3/t16-,19+,23?,24+/m0/s1. The highest BCUT2D eigenvalue weighted by Gasteiger charge is 2.40. The zero-order chi connectivity index (χ0) is 19.1. The maximum Gasteiger partial charge on any atom is 0.0835 e. The van der Waals surface area contributed by atoms with E-state index < -0.39 is 6.10 Å². The van der Waals surface area contributed by atoms with Crippen molar-refractivity contribution in [2.24, 2.45) is 11.8 Å². The molecule has 4 heteroatoms. The number of rotatable bonds is 4. The topological polar surface area (TPSA) is 50.9 Å². The summed E-state index contributed by atoms with van der Waals surface area (Å²) < 4.78 is 2.01. The van der Waals surface area contributed by atoms with Gasteiger partial charge in [-0.1, -0.05) is 42.8 Å². The van der Waals surface area contributed by atoms with Gasteiger partial charge in [0, 0.05) is 11.8 Å². The number of fused-ring (bicyclic) bond motifs is 2. The van der Waals surface area contributed by atoms with Gasteiger partial charge in [0.2, 0.25) is 0 Å². The molecule has 2 heterocycles. The summed E-state index contributed by atoms with van der Waals surface area (Å²) in [7, 11) is 0. The second-order valence-corrected chi connectivity index (χ2v) is 8.10. The minimum atomic E-state index is -0.391. The van der Waals surface area contributed by atoms with Crippen LogP contribution in [0, 0.1) is 11.8 Å². The van der Waals surface area contributed by atoms with Gasteiger partial charge in [-0.3, -0.25) is 4.98 Å². The molecule has 1 aromatic carbocycles. The Morgan fingerprint density at radius 2 is 2.00 bits per heavy atom. The fraction of sp³-hybridized carbons (Fsp3) is 0.333. The molecule has 1 saturated carbocycles. The molecular weight excluding hydrogens is 346 g/mol. The Hall–Kier alpha value is -2.72. The summed E-state index contributed by atoms with van der Waals surface area (Å²) in [6, 6.07) is 14.0. The molecule has 28 heavy (non-hydrogen) atoms. The lowest BCUT2D eigenvalue weighted by Gasteiger charge is -2.31. The normalized spacial score (nSPS) is 24.4. The number of aromatic nitrogens is 3. The van der Waals surface area contributed by atoms with Gasteiger partial charge in [-0.25, -0.2) is 4.68 Å². The maximum atomic E-state index is 10.8. The van der Waals surface area contributed by atoms with Crippen molar-refractivity contribution in [1.82, 2.24) is 14.8 Å². The molecule has 0 bridgehead atoms. The van der Waals surface area contributed by atoms with E-state index in [4.69, 9.17) is 0 Å². The number of allylic oxidation sites excluding steroid dienone is 1. The summed E-state index contributed by atoms with van der Waals surface area (Å²) in [6.07, 6.45) is 10.7. The second kappa shape index (κ2) is 7.02. The third kappa shape index (κ3) is 2.89. The van der Waals surface area contributed by atoms with E-state index in [9.17, 15) is 5.11 Å². The lowest BCUT2D eigenvalue weighted by Crippen LogP contribution is -2.22. The van der Waals surface area contributed by atoms with Crippen molar-refractivity contribution in [3.8, 4) is 5.69 Å². The van der Waals surface area contributed by atoms with Crippen molar-refractivity contribution >= 4 is 6.08 Å². The number of nitrogens with zero attached hydrogens (tertiary/aromatic N) is 3. The van der Waals surface area contributed by atoms with Crippen molar-refractivity contribution in [1.29, 1.82) is 0 Å². The highest BCUT2D eigenvalue weighted by Crippen LogP contribution is 2.52. The molecular formula is C24H25N3O. The van der Waals surface area contributed by atoms with Crippen molar-refractivity contribution in [2.45, 2.75) is 38.2 Å². The zero-order valence-corrected chi connectivity index (χ0v) is 16.1. The summed E-state index contributed by atoms with van der Waals surface area (Å²) in [5.74, 6) is 1.42. The van der Waals surface area contributed by atoms with Crippen LogP contribution in [0.1, 0.15) is 55.0 Å². The molecule has 0 aliphatic heterocycles. The largest absolute Gasteiger partial charge is 0.388 e. The quantitative estimate of drug-likeness (QED) is 0.708. The molecule has 0 radical (unpaired) electrons. The van der Waals surface area contributed by atoms with Gasteiger partial charge in [0.05, 0.1) is 29.9 Å². The van der Waals surface area contributed by atoms with Crippen LogP contribution in [0.25, 0.3) is 11.8 Å². The molecule has 2 aliphatic carbocycles. The smallest absolute Gasteiger partial charge is 0.0835 e. The number of aliphatic hydroxyl groups excluding tert-OH is 1. The number of pyridine rings is 1. The Morgan fingerprint density at radius 3 is 2.79 bits per heavy atom. The Balaban J connectivity index is 1.43. The molecule has 4 atom stereocenters. The molecule has 1 N–H and O–H groups in total. The first kappa shape index (κ1) is 17.4. The first-order valence-corrected chi connectivity index (χ1v) is 10.1. The molecule has 4 nitrogen and oxygen atoms in total. The number of hydrogen-bond acceptors (Lipinski definition) is 3. The van der Waals surface area contributed by atoms with Crippen molar-refractivity contribution in [3.63, 3.8) is 0 Å². The first-order chi connectivity index (χ1) is 13.7. The number of benzene rings is 1. The molecule has 1 fully saturated rings. The van der Waals surface area contributed by atoms with Gasteiger partial charge in [0.25, 0.3) is 0 Å². The van der Waals surface area contributed by atoms with E-state index in [1.807, 2.05) is 59.5 Å². The van der Waals surface area contributed by atoms with Crippen LogP contribution in [0.4, 0.5) is 0 Å². The third-order valence-electron chi connectivity index (χ3n) is 6.53. The van der Waals surface area contributed by atoms with E-state index in [1.54, 1.807) is 6.20 Å². The Bertz CT molecular complexity index is 993. The maximum absolute atomic E-state index is 10.8. The number of aliphatic hydroxyl groups is 1. The van der Waals surface area contributed by atoms with E-state index >= 15 is 0 Å². The fourth-order valence-corrected chi connectivity index (χ4v) is 5.18. The molecule has 1 unspecified atom stereocenters. The number of hydrogen-bond donors (Lipinski definition) is 1. The molecule has 2 aromatic heterocycles. The predicted octanol–water partition coefficient (Wildman–Crippen LogP) is 4.92. The van der Waals surface area contributed by atoms with E-state index in [1.165, 1.54) is 16.8 Å². The lowest BCUT2D eigenvalue weighted by molar-refractivity contribution is 0.131. The van der Waals surface area contributed by atoms with Crippen LogP contribution in [0.15, 0.2) is 66.6 Å². The van der Waals surface area contributed by atoms with Gasteiger partial charge in [-0.15, -0.1) is 0 Å². The first-order valence-electron chi connectivity index (χ1n) is 10.1. The van der Waals surface area contributed by atoms with Crippen LogP contribution in [0.2, 0.25) is 0 Å². The summed E-state index contributed by atoms with van der Waals surface area (Å²) in [5.41, 5.74) is 6.03. The monoisotopic (exact) mass is 371 g/mol. The predicted molar refractivity (Wildman–Crippen MR) is 110 cm³/mol. The van der Waals surface area contributed by atoms with Crippen LogP contribution in [-0.4, -0.2) is 19.9 Å². The van der Waals surface area contributed by atoms with Crippen LogP contribution < -0.4 is 0 Å². The third-order valence-corrected chi connectivity index (χ3v) is 6.53. The van der Waals surface area contributed by atoms with Gasteiger partial charge in [-0.2, -0.15) is 5.10 Å². The van der Waals surface area contributed by atoms with Crippen molar-refractivity contribution in [3.05, 3.63) is 83.4 Å². The zero-order valence-electron chi connectivity index (χ0n) is 16.1. The molecule has 2 aliphatic rings. The molecule has 3 aromatic rings. The van der Waals surface area contributed by atoms with E-state index in [2.05, 4.69) is 23.1 Å². The van der Waals surface area contributed by atoms with E-state index in [-0.39, 0.29) is 0 Å². The molecule has 142 valence electrons. The minimum absolute atomic E-state index is 0.391. The molecule has 0 saturated heterocycles. The van der Waals surface area contributed by atoms with Gasteiger partial charge in [0.15, 0.2) is 0 Å². The SMILES string of the molecule is C[C@H]1c2cnn(-c3cccnc3)c2C=C2CC[C@H](CC(O)c3ccccc3)[C@@H]21. The Labute approximate surface area is 165 Å². The van der Waals surface area contributed by atoms with E-state index in [0.717, 1.165) is 30.5 Å². The summed E-state index contributed by atoms with van der Waals surface area (Å²) in [5, 5.41) is 15.4. The summed E-state index contributed by atoms with van der Waals surface area (Å²) in [4.78, 5) is 4.24. The lowest BCUT2D eigenvalue weighted by atomic mass is 9.74. The van der Waals surface area contributed by atoms with Gasteiger partial charge in [0.1, 0.15) is 0 Å². The molecule has 5 rings (SSSR count). The average molecular weight is 371 g/mol. The highest BCUT2D eigenvalue weighted by molar-refractivity contribution is 5.61. The van der Waals surface area contributed by atoms with Crippen LogP contribution >= 0.6 is 0 Å². The van der Waals surface area contributed by atoms with E-state index in [0.29, 0.717) is 17.8 Å².